The van der Waals surface area contributed by atoms with Crippen molar-refractivity contribution in [1.82, 2.24) is 14.9 Å². The monoisotopic (exact) mass is 398 g/mol. The van der Waals surface area contributed by atoms with Crippen molar-refractivity contribution in [3.63, 3.8) is 0 Å². The van der Waals surface area contributed by atoms with Gasteiger partial charge in [-0.3, -0.25) is 14.6 Å². The zero-order valence-electron chi connectivity index (χ0n) is 16.0. The van der Waals surface area contributed by atoms with Crippen LogP contribution in [0.3, 0.4) is 0 Å². The third kappa shape index (κ3) is 4.51. The van der Waals surface area contributed by atoms with Gasteiger partial charge in [0.1, 0.15) is 11.1 Å². The minimum absolute atomic E-state index is 0.000141. The first kappa shape index (κ1) is 19.9. The van der Waals surface area contributed by atoms with Gasteiger partial charge >= 0.3 is 0 Å². The summed E-state index contributed by atoms with van der Waals surface area (Å²) in [6, 6.07) is 7.63. The van der Waals surface area contributed by atoms with E-state index in [9.17, 15) is 9.59 Å². The van der Waals surface area contributed by atoms with E-state index in [0.29, 0.717) is 12.4 Å². The minimum Gasteiger partial charge on any atom is -0.497 e. The lowest BCUT2D eigenvalue weighted by atomic mass is 10.2. The number of rotatable bonds is 7. The van der Waals surface area contributed by atoms with Gasteiger partial charge < -0.3 is 15.0 Å². The first-order valence-electron chi connectivity index (χ1n) is 8.78. The molecule has 146 valence electrons. The van der Waals surface area contributed by atoms with Crippen molar-refractivity contribution in [2.75, 3.05) is 18.2 Å². The molecule has 0 spiro atoms. The maximum atomic E-state index is 12.7. The predicted octanol–water partition coefficient (Wildman–Crippen LogP) is 2.86. The quantitative estimate of drug-likeness (QED) is 0.772. The summed E-state index contributed by atoms with van der Waals surface area (Å²) in [5, 5.41) is 2.54. The van der Waals surface area contributed by atoms with Crippen molar-refractivity contribution < 1.29 is 14.3 Å². The van der Waals surface area contributed by atoms with Crippen molar-refractivity contribution >= 4 is 29.4 Å². The third-order valence-electron chi connectivity index (χ3n) is 4.54. The average molecular weight is 398 g/mol. The summed E-state index contributed by atoms with van der Waals surface area (Å²) in [4.78, 5) is 34.7. The molecule has 0 bridgehead atoms. The Hall–Kier alpha value is -2.87. The van der Waals surface area contributed by atoms with Crippen LogP contribution < -0.4 is 10.1 Å². The average Bonchev–Trinajstić information content (AvgIpc) is 2.91. The van der Waals surface area contributed by atoms with E-state index < -0.39 is 0 Å². The Morgan fingerprint density at radius 2 is 2.00 bits per heavy atom. The van der Waals surface area contributed by atoms with Gasteiger partial charge in [0.25, 0.3) is 5.91 Å². The number of hydrogen-bond donors (Lipinski definition) is 1. The molecule has 1 atom stereocenters. The van der Waals surface area contributed by atoms with Crippen molar-refractivity contribution in [2.45, 2.75) is 25.8 Å². The highest BCUT2D eigenvalue weighted by molar-refractivity contribution is 8.00. The van der Waals surface area contributed by atoms with Crippen molar-refractivity contribution in [3.8, 4) is 5.75 Å². The molecule has 0 saturated carbocycles. The van der Waals surface area contributed by atoms with E-state index in [1.54, 1.807) is 18.2 Å². The summed E-state index contributed by atoms with van der Waals surface area (Å²) in [5.41, 5.74) is 2.72. The van der Waals surface area contributed by atoms with Crippen molar-refractivity contribution in [3.05, 3.63) is 59.6 Å². The number of hydrogen-bond acceptors (Lipinski definition) is 6. The highest BCUT2D eigenvalue weighted by Gasteiger charge is 2.35. The minimum atomic E-state index is -0.181. The molecule has 2 aromatic rings. The number of carbonyl (C=O) groups excluding carboxylic acids is 2. The van der Waals surface area contributed by atoms with Crippen LogP contribution in [0.2, 0.25) is 0 Å². The molecule has 1 aromatic heterocycles. The molecule has 0 aliphatic carbocycles. The first-order chi connectivity index (χ1) is 13.5. The highest BCUT2D eigenvalue weighted by atomic mass is 32.2. The Kier molecular flexibility index (Phi) is 6.30. The lowest BCUT2D eigenvalue weighted by molar-refractivity contribution is -0.126. The van der Waals surface area contributed by atoms with Gasteiger partial charge in [0.05, 0.1) is 19.1 Å². The van der Waals surface area contributed by atoms with Crippen LogP contribution >= 0.6 is 11.8 Å². The predicted molar refractivity (Wildman–Crippen MR) is 109 cm³/mol. The molecule has 0 saturated heterocycles. The van der Waals surface area contributed by atoms with Gasteiger partial charge in [0, 0.05) is 24.5 Å². The van der Waals surface area contributed by atoms with E-state index in [-0.39, 0.29) is 22.9 Å². The largest absolute Gasteiger partial charge is 0.497 e. The molecule has 1 aromatic carbocycles. The second-order valence-electron chi connectivity index (χ2n) is 6.39. The smallest absolute Gasteiger partial charge is 0.251 e. The lowest BCUT2D eigenvalue weighted by Gasteiger charge is -2.26. The molecule has 1 aliphatic rings. The Bertz CT molecular complexity index is 884. The SMILES string of the molecule is COc1ccc(CN2C(=O)C(C)=C(C)C2SCC(=O)Nc2cnccn2)cc1. The fraction of sp³-hybridized carbons (Fsp3) is 0.300. The zero-order valence-corrected chi connectivity index (χ0v) is 16.8. The summed E-state index contributed by atoms with van der Waals surface area (Å²) in [6.07, 6.45) is 4.56. The maximum Gasteiger partial charge on any atom is 0.251 e. The van der Waals surface area contributed by atoms with Gasteiger partial charge in [0.2, 0.25) is 5.91 Å². The molecular formula is C20H22N4O3S. The molecule has 0 fully saturated rings. The summed E-state index contributed by atoms with van der Waals surface area (Å²) >= 11 is 1.42. The van der Waals surface area contributed by atoms with Gasteiger partial charge in [-0.15, -0.1) is 11.8 Å². The Balaban J connectivity index is 1.65. The zero-order chi connectivity index (χ0) is 20.1. The van der Waals surface area contributed by atoms with Crippen LogP contribution in [0, 0.1) is 0 Å². The van der Waals surface area contributed by atoms with Crippen LogP contribution in [0.5, 0.6) is 5.75 Å². The van der Waals surface area contributed by atoms with Crippen LogP contribution in [0.15, 0.2) is 54.0 Å². The number of benzene rings is 1. The fourth-order valence-corrected chi connectivity index (χ4v) is 4.06. The molecule has 1 unspecified atom stereocenters. The number of carbonyl (C=O) groups is 2. The van der Waals surface area contributed by atoms with Crippen LogP contribution in [0.4, 0.5) is 5.82 Å². The normalized spacial score (nSPS) is 16.5. The molecule has 1 aliphatic heterocycles. The van der Waals surface area contributed by atoms with Crippen LogP contribution in [-0.4, -0.2) is 44.9 Å². The number of nitrogens with one attached hydrogen (secondary N) is 1. The maximum absolute atomic E-state index is 12.7. The molecular weight excluding hydrogens is 376 g/mol. The van der Waals surface area contributed by atoms with Crippen LogP contribution in [0.25, 0.3) is 0 Å². The molecule has 0 radical (unpaired) electrons. The second-order valence-corrected chi connectivity index (χ2v) is 7.46. The van der Waals surface area contributed by atoms with Gasteiger partial charge in [-0.1, -0.05) is 12.1 Å². The van der Waals surface area contributed by atoms with Crippen LogP contribution in [0.1, 0.15) is 19.4 Å². The molecule has 7 nitrogen and oxygen atoms in total. The summed E-state index contributed by atoms with van der Waals surface area (Å²) < 4.78 is 5.18. The number of thioether (sulfide) groups is 1. The fourth-order valence-electron chi connectivity index (χ4n) is 2.90. The van der Waals surface area contributed by atoms with E-state index in [1.807, 2.05) is 38.1 Å². The standard InChI is InChI=1S/C20H22N4O3S/c1-13-14(2)20(28-12-18(25)23-17-10-21-8-9-22-17)24(19(13)26)11-15-4-6-16(27-3)7-5-15/h4-10,20H,11-12H2,1-3H3,(H,22,23,25). The van der Waals surface area contributed by atoms with Gasteiger partial charge in [-0.05, 0) is 37.1 Å². The van der Waals surface area contributed by atoms with Gasteiger partial charge in [-0.25, -0.2) is 4.98 Å². The van der Waals surface area contributed by atoms with Crippen molar-refractivity contribution in [1.29, 1.82) is 0 Å². The van der Waals surface area contributed by atoms with Crippen molar-refractivity contribution in [2.24, 2.45) is 0 Å². The molecule has 3 rings (SSSR count). The molecule has 28 heavy (non-hydrogen) atoms. The number of amides is 2. The van der Waals surface area contributed by atoms with E-state index in [1.165, 1.54) is 24.2 Å². The summed E-state index contributed by atoms with van der Waals surface area (Å²) in [5.74, 6) is 1.21. The number of ether oxygens (including phenoxy) is 1. The van der Waals surface area contributed by atoms with E-state index in [4.69, 9.17) is 4.74 Å². The van der Waals surface area contributed by atoms with E-state index in [2.05, 4.69) is 15.3 Å². The molecule has 1 N–H and O–H groups in total. The number of aromatic nitrogens is 2. The van der Waals surface area contributed by atoms with E-state index in [0.717, 1.165) is 22.5 Å². The number of anilines is 1. The highest BCUT2D eigenvalue weighted by Crippen LogP contribution is 2.34. The molecule has 8 heteroatoms. The number of nitrogens with zero attached hydrogens (tertiary/aromatic N) is 3. The Labute approximate surface area is 168 Å². The topological polar surface area (TPSA) is 84.4 Å². The third-order valence-corrected chi connectivity index (χ3v) is 5.89. The first-order valence-corrected chi connectivity index (χ1v) is 9.83. The van der Waals surface area contributed by atoms with Gasteiger partial charge in [0.15, 0.2) is 5.82 Å². The Morgan fingerprint density at radius 1 is 1.25 bits per heavy atom. The van der Waals surface area contributed by atoms with E-state index >= 15 is 0 Å². The molecule has 2 amide bonds. The van der Waals surface area contributed by atoms with Gasteiger partial charge in [-0.2, -0.15) is 0 Å². The second kappa shape index (κ2) is 8.88. The Morgan fingerprint density at radius 3 is 2.64 bits per heavy atom. The molecule has 2 heterocycles. The summed E-state index contributed by atoms with van der Waals surface area (Å²) in [6.45, 7) is 4.25. The van der Waals surface area contributed by atoms with Crippen LogP contribution in [-0.2, 0) is 16.1 Å². The summed E-state index contributed by atoms with van der Waals surface area (Å²) in [7, 11) is 1.62. The lowest BCUT2D eigenvalue weighted by Crippen LogP contribution is -2.34. The number of methoxy groups -OCH3 is 1.